The van der Waals surface area contributed by atoms with Crippen molar-refractivity contribution >= 4 is 5.78 Å². The quantitative estimate of drug-likeness (QED) is 0.764. The van der Waals surface area contributed by atoms with Gasteiger partial charge in [0.05, 0.1) is 18.7 Å². The summed E-state index contributed by atoms with van der Waals surface area (Å²) in [7, 11) is 1.52. The first-order chi connectivity index (χ1) is 10.0. The number of hydrogen-bond donors (Lipinski definition) is 0. The lowest BCUT2D eigenvalue weighted by molar-refractivity contribution is 0.0965. The van der Waals surface area contributed by atoms with Crippen molar-refractivity contribution in [3.63, 3.8) is 0 Å². The minimum absolute atomic E-state index is 0.309. The summed E-state index contributed by atoms with van der Waals surface area (Å²) in [5.41, 5.74) is -0.665. The second-order valence-corrected chi connectivity index (χ2v) is 4.49. The Morgan fingerprint density at radius 2 is 1.90 bits per heavy atom. The van der Waals surface area contributed by atoms with Crippen LogP contribution < -0.4 is 16.0 Å². The topological polar surface area (TPSA) is 70.3 Å². The summed E-state index contributed by atoms with van der Waals surface area (Å²) in [6, 6.07) is 8.02. The van der Waals surface area contributed by atoms with Gasteiger partial charge in [0.15, 0.2) is 5.78 Å². The minimum atomic E-state index is -0.523. The molecule has 21 heavy (non-hydrogen) atoms. The van der Waals surface area contributed by atoms with Crippen LogP contribution in [-0.4, -0.2) is 21.5 Å². The fourth-order valence-corrected chi connectivity index (χ4v) is 1.97. The second-order valence-electron chi connectivity index (χ2n) is 4.49. The van der Waals surface area contributed by atoms with Crippen LogP contribution in [0.1, 0.15) is 17.3 Å². The highest BCUT2D eigenvalue weighted by Crippen LogP contribution is 2.18. The predicted molar refractivity (Wildman–Crippen MR) is 77.9 cm³/mol. The number of carbonyl (C=O) groups is 1. The van der Waals surface area contributed by atoms with Crippen LogP contribution in [0.2, 0.25) is 0 Å². The highest BCUT2D eigenvalue weighted by Gasteiger charge is 2.15. The van der Waals surface area contributed by atoms with Crippen LogP contribution in [-0.2, 0) is 13.6 Å². The van der Waals surface area contributed by atoms with Crippen molar-refractivity contribution in [2.24, 2.45) is 7.05 Å². The number of para-hydroxylation sites is 1. The Morgan fingerprint density at radius 3 is 2.62 bits per heavy atom. The van der Waals surface area contributed by atoms with E-state index in [0.717, 1.165) is 4.57 Å². The summed E-state index contributed by atoms with van der Waals surface area (Å²) in [6.07, 6.45) is 1.37. The monoisotopic (exact) mass is 288 g/mol. The van der Waals surface area contributed by atoms with E-state index in [1.165, 1.54) is 23.9 Å². The molecule has 0 fully saturated rings. The normalized spacial score (nSPS) is 10.4. The molecular formula is C15H16N2O4. The van der Waals surface area contributed by atoms with Gasteiger partial charge in [0.2, 0.25) is 0 Å². The molecule has 0 radical (unpaired) electrons. The van der Waals surface area contributed by atoms with Crippen LogP contribution >= 0.6 is 0 Å². The van der Waals surface area contributed by atoms with Crippen LogP contribution in [0.4, 0.5) is 0 Å². The van der Waals surface area contributed by atoms with Gasteiger partial charge in [-0.15, -0.1) is 0 Å². The standard InChI is InChI=1S/C15H16N2O4/c1-3-21-13-7-5-4-6-11(13)12(18)10-17-14(19)8-9-16(2)15(17)20/h4-9H,3,10H2,1-2H3. The lowest BCUT2D eigenvalue weighted by Crippen LogP contribution is -2.39. The third kappa shape index (κ3) is 3.10. The number of aryl methyl sites for hydroxylation is 1. The van der Waals surface area contributed by atoms with E-state index in [1.807, 2.05) is 6.92 Å². The lowest BCUT2D eigenvalue weighted by Gasteiger charge is -2.10. The average Bonchev–Trinajstić information content (AvgIpc) is 2.48. The Labute approximate surface area is 121 Å². The van der Waals surface area contributed by atoms with E-state index >= 15 is 0 Å². The molecule has 0 aliphatic rings. The van der Waals surface area contributed by atoms with Gasteiger partial charge in [-0.25, -0.2) is 4.79 Å². The molecule has 0 saturated heterocycles. The van der Waals surface area contributed by atoms with Gasteiger partial charge in [-0.3, -0.25) is 14.2 Å². The highest BCUT2D eigenvalue weighted by molar-refractivity contribution is 5.98. The SMILES string of the molecule is CCOc1ccccc1C(=O)Cn1c(=O)ccn(C)c1=O. The van der Waals surface area contributed by atoms with Crippen molar-refractivity contribution in [1.82, 2.24) is 9.13 Å². The zero-order valence-electron chi connectivity index (χ0n) is 11.9. The number of carbonyl (C=O) groups excluding carboxylic acids is 1. The third-order valence-electron chi connectivity index (χ3n) is 3.03. The number of ether oxygens (including phenoxy) is 1. The average molecular weight is 288 g/mol. The van der Waals surface area contributed by atoms with Gasteiger partial charge < -0.3 is 9.30 Å². The van der Waals surface area contributed by atoms with Crippen molar-refractivity contribution in [3.05, 3.63) is 62.9 Å². The molecular weight excluding hydrogens is 272 g/mol. The van der Waals surface area contributed by atoms with Crippen molar-refractivity contribution in [3.8, 4) is 5.75 Å². The van der Waals surface area contributed by atoms with Gasteiger partial charge >= 0.3 is 5.69 Å². The number of rotatable bonds is 5. The predicted octanol–water partition coefficient (Wildman–Crippen LogP) is 0.829. The van der Waals surface area contributed by atoms with Gasteiger partial charge in [-0.05, 0) is 19.1 Å². The van der Waals surface area contributed by atoms with Crippen LogP contribution in [0.3, 0.4) is 0 Å². The third-order valence-corrected chi connectivity index (χ3v) is 3.03. The molecule has 0 unspecified atom stereocenters. The molecule has 0 bridgehead atoms. The maximum Gasteiger partial charge on any atom is 0.331 e. The molecule has 0 aliphatic heterocycles. The zero-order chi connectivity index (χ0) is 15.4. The van der Waals surface area contributed by atoms with Gasteiger partial charge in [-0.1, -0.05) is 12.1 Å². The summed E-state index contributed by atoms with van der Waals surface area (Å²) in [5, 5.41) is 0. The molecule has 0 spiro atoms. The van der Waals surface area contributed by atoms with E-state index in [2.05, 4.69) is 0 Å². The number of Topliss-reactive ketones (excluding diaryl/α,β-unsaturated/α-hetero) is 1. The molecule has 0 aliphatic carbocycles. The molecule has 6 heteroatoms. The Morgan fingerprint density at radius 1 is 1.19 bits per heavy atom. The smallest absolute Gasteiger partial charge is 0.331 e. The second kappa shape index (κ2) is 6.21. The summed E-state index contributed by atoms with van der Waals surface area (Å²) in [4.78, 5) is 36.0. The van der Waals surface area contributed by atoms with Crippen molar-refractivity contribution in [2.45, 2.75) is 13.5 Å². The highest BCUT2D eigenvalue weighted by atomic mass is 16.5. The number of aromatic nitrogens is 2. The van der Waals surface area contributed by atoms with E-state index in [1.54, 1.807) is 24.3 Å². The Hall–Kier alpha value is -2.63. The molecule has 0 N–H and O–H groups in total. The molecule has 0 saturated carbocycles. The van der Waals surface area contributed by atoms with Gasteiger partial charge in [0, 0.05) is 19.3 Å². The minimum Gasteiger partial charge on any atom is -0.493 e. The molecule has 0 atom stereocenters. The largest absolute Gasteiger partial charge is 0.493 e. The summed E-state index contributed by atoms with van der Waals surface area (Å²) in [6.45, 7) is 1.94. The van der Waals surface area contributed by atoms with E-state index in [-0.39, 0.29) is 12.3 Å². The summed E-state index contributed by atoms with van der Waals surface area (Å²) < 4.78 is 7.55. The van der Waals surface area contributed by atoms with E-state index in [9.17, 15) is 14.4 Å². The molecule has 2 rings (SSSR count). The Balaban J connectivity index is 2.38. The number of benzene rings is 1. The molecule has 2 aromatic rings. The van der Waals surface area contributed by atoms with E-state index < -0.39 is 11.2 Å². The first-order valence-corrected chi connectivity index (χ1v) is 6.56. The Kier molecular flexibility index (Phi) is 4.37. The maximum absolute atomic E-state index is 12.3. The molecule has 1 heterocycles. The van der Waals surface area contributed by atoms with Crippen molar-refractivity contribution in [1.29, 1.82) is 0 Å². The fraction of sp³-hybridized carbons (Fsp3) is 0.267. The van der Waals surface area contributed by atoms with Gasteiger partial charge in [-0.2, -0.15) is 0 Å². The number of nitrogens with zero attached hydrogens (tertiary/aromatic N) is 2. The number of hydrogen-bond acceptors (Lipinski definition) is 4. The van der Waals surface area contributed by atoms with Gasteiger partial charge in [0.1, 0.15) is 5.75 Å². The Bertz CT molecular complexity index is 774. The number of ketones is 1. The lowest BCUT2D eigenvalue weighted by atomic mass is 10.1. The van der Waals surface area contributed by atoms with Crippen LogP contribution in [0, 0.1) is 0 Å². The molecule has 1 aromatic carbocycles. The van der Waals surface area contributed by atoms with E-state index in [4.69, 9.17) is 4.74 Å². The first-order valence-electron chi connectivity index (χ1n) is 6.56. The van der Waals surface area contributed by atoms with E-state index in [0.29, 0.717) is 17.9 Å². The van der Waals surface area contributed by atoms with Crippen molar-refractivity contribution < 1.29 is 9.53 Å². The van der Waals surface area contributed by atoms with Crippen LogP contribution in [0.25, 0.3) is 0 Å². The maximum atomic E-state index is 12.3. The fourth-order valence-electron chi connectivity index (χ4n) is 1.97. The summed E-state index contributed by atoms with van der Waals surface area (Å²) >= 11 is 0. The molecule has 1 aromatic heterocycles. The molecule has 110 valence electrons. The molecule has 6 nitrogen and oxygen atoms in total. The summed E-state index contributed by atoms with van der Waals surface area (Å²) in [5.74, 6) is 0.107. The van der Waals surface area contributed by atoms with Crippen LogP contribution in [0.5, 0.6) is 5.75 Å². The van der Waals surface area contributed by atoms with Crippen molar-refractivity contribution in [2.75, 3.05) is 6.61 Å². The van der Waals surface area contributed by atoms with Gasteiger partial charge in [0.25, 0.3) is 5.56 Å². The first kappa shape index (κ1) is 14.8. The zero-order valence-corrected chi connectivity index (χ0v) is 11.9. The van der Waals surface area contributed by atoms with Crippen LogP contribution in [0.15, 0.2) is 46.1 Å². The molecule has 0 amide bonds.